The van der Waals surface area contributed by atoms with Gasteiger partial charge in [0.2, 0.25) is 21.8 Å². The van der Waals surface area contributed by atoms with Gasteiger partial charge in [-0.3, -0.25) is 13.9 Å². The minimum absolute atomic E-state index is 0.0946. The normalized spacial score (nSPS) is 12.0. The van der Waals surface area contributed by atoms with Crippen molar-refractivity contribution in [1.82, 2.24) is 10.2 Å². The Morgan fingerprint density at radius 2 is 1.51 bits per heavy atom. The van der Waals surface area contributed by atoms with Crippen LogP contribution in [0.3, 0.4) is 0 Å². The number of carbonyl (C=O) groups excluding carboxylic acids is 2. The van der Waals surface area contributed by atoms with E-state index in [1.165, 1.54) is 47.4 Å². The van der Waals surface area contributed by atoms with E-state index in [-0.39, 0.29) is 18.7 Å². The van der Waals surface area contributed by atoms with Crippen LogP contribution in [0.1, 0.15) is 18.1 Å². The number of amides is 2. The van der Waals surface area contributed by atoms with Crippen LogP contribution in [0.4, 0.5) is 14.5 Å². The fourth-order valence-electron chi connectivity index (χ4n) is 3.88. The summed E-state index contributed by atoms with van der Waals surface area (Å²) in [4.78, 5) is 28.2. The van der Waals surface area contributed by atoms with E-state index in [1.807, 2.05) is 18.2 Å². The Hall–Kier alpha value is -3.79. The number of benzene rings is 3. The third-order valence-electron chi connectivity index (χ3n) is 5.69. The summed E-state index contributed by atoms with van der Waals surface area (Å²) in [5.74, 6) is -2.42. The monoisotopic (exact) mass is 529 g/mol. The molecule has 0 heterocycles. The van der Waals surface area contributed by atoms with Crippen molar-refractivity contribution in [3.63, 3.8) is 0 Å². The minimum Gasteiger partial charge on any atom is -0.355 e. The van der Waals surface area contributed by atoms with Gasteiger partial charge in [-0.05, 0) is 42.3 Å². The zero-order valence-electron chi connectivity index (χ0n) is 20.6. The smallest absolute Gasteiger partial charge is 0.244 e. The number of sulfonamides is 1. The van der Waals surface area contributed by atoms with Crippen molar-refractivity contribution in [3.05, 3.63) is 102 Å². The van der Waals surface area contributed by atoms with Crippen molar-refractivity contribution in [3.8, 4) is 0 Å². The van der Waals surface area contributed by atoms with Crippen molar-refractivity contribution in [2.45, 2.75) is 25.9 Å². The molecule has 0 aromatic heterocycles. The van der Waals surface area contributed by atoms with Gasteiger partial charge in [-0.1, -0.05) is 54.6 Å². The molecule has 0 fully saturated rings. The molecule has 0 unspecified atom stereocenters. The van der Waals surface area contributed by atoms with E-state index >= 15 is 0 Å². The first-order chi connectivity index (χ1) is 17.6. The largest absolute Gasteiger partial charge is 0.355 e. The van der Waals surface area contributed by atoms with E-state index < -0.39 is 46.1 Å². The predicted octanol–water partition coefficient (Wildman–Crippen LogP) is 3.51. The summed E-state index contributed by atoms with van der Waals surface area (Å²) >= 11 is 0. The number of anilines is 1. The number of nitrogens with zero attached hydrogens (tertiary/aromatic N) is 2. The molecule has 0 aliphatic rings. The highest BCUT2D eigenvalue weighted by Gasteiger charge is 2.33. The molecule has 1 atom stereocenters. The van der Waals surface area contributed by atoms with Crippen LogP contribution < -0.4 is 9.62 Å². The van der Waals surface area contributed by atoms with Crippen LogP contribution in [0.2, 0.25) is 0 Å². The molecule has 0 aliphatic heterocycles. The Labute approximate surface area is 215 Å². The van der Waals surface area contributed by atoms with Crippen molar-refractivity contribution in [1.29, 1.82) is 0 Å². The number of nitrogens with one attached hydrogen (secondary N) is 1. The number of hydrogen-bond acceptors (Lipinski definition) is 4. The molecule has 0 saturated heterocycles. The molecule has 0 saturated carbocycles. The van der Waals surface area contributed by atoms with Crippen molar-refractivity contribution < 1.29 is 26.8 Å². The summed E-state index contributed by atoms with van der Waals surface area (Å²) in [6, 6.07) is 18.7. The molecule has 3 aromatic rings. The first-order valence-corrected chi connectivity index (χ1v) is 13.5. The SMILES string of the molecule is CCNC(=O)[C@H](Cc1ccccc1)N(Cc1ccc(F)cc1)C(=O)CN(c1ccccc1F)S(C)(=O)=O. The van der Waals surface area contributed by atoms with Gasteiger partial charge in [-0.25, -0.2) is 17.2 Å². The molecular formula is C27H29F2N3O4S. The molecule has 196 valence electrons. The Kier molecular flexibility index (Phi) is 9.35. The van der Waals surface area contributed by atoms with Crippen LogP contribution in [-0.2, 0) is 32.6 Å². The lowest BCUT2D eigenvalue weighted by Crippen LogP contribution is -2.53. The van der Waals surface area contributed by atoms with Gasteiger partial charge in [0.1, 0.15) is 24.2 Å². The quantitative estimate of drug-likeness (QED) is 0.412. The van der Waals surface area contributed by atoms with Crippen LogP contribution in [0, 0.1) is 11.6 Å². The molecule has 1 N–H and O–H groups in total. The van der Waals surface area contributed by atoms with Gasteiger partial charge in [0.05, 0.1) is 11.9 Å². The molecule has 3 rings (SSSR count). The second kappa shape index (κ2) is 12.4. The van der Waals surface area contributed by atoms with Gasteiger partial charge in [0.25, 0.3) is 0 Å². The van der Waals surface area contributed by atoms with Crippen molar-refractivity contribution in [2.75, 3.05) is 23.7 Å². The maximum absolute atomic E-state index is 14.6. The molecule has 0 bridgehead atoms. The lowest BCUT2D eigenvalue weighted by molar-refractivity contribution is -0.140. The maximum Gasteiger partial charge on any atom is 0.244 e. The Morgan fingerprint density at radius 1 is 0.892 bits per heavy atom. The van der Waals surface area contributed by atoms with Gasteiger partial charge in [-0.2, -0.15) is 0 Å². The highest BCUT2D eigenvalue weighted by atomic mass is 32.2. The summed E-state index contributed by atoms with van der Waals surface area (Å²) in [7, 11) is -4.07. The van der Waals surface area contributed by atoms with Gasteiger partial charge in [0.15, 0.2) is 0 Å². The molecular weight excluding hydrogens is 500 g/mol. The van der Waals surface area contributed by atoms with E-state index in [2.05, 4.69) is 5.32 Å². The van der Waals surface area contributed by atoms with Gasteiger partial charge >= 0.3 is 0 Å². The van der Waals surface area contributed by atoms with E-state index in [0.717, 1.165) is 17.9 Å². The third kappa shape index (κ3) is 7.60. The molecule has 7 nitrogen and oxygen atoms in total. The van der Waals surface area contributed by atoms with Crippen molar-refractivity contribution >= 4 is 27.5 Å². The van der Waals surface area contributed by atoms with E-state index in [0.29, 0.717) is 16.4 Å². The average molecular weight is 530 g/mol. The van der Waals surface area contributed by atoms with E-state index in [1.54, 1.807) is 19.1 Å². The van der Waals surface area contributed by atoms with Gasteiger partial charge in [-0.15, -0.1) is 0 Å². The first kappa shape index (κ1) is 27.8. The maximum atomic E-state index is 14.6. The summed E-state index contributed by atoms with van der Waals surface area (Å²) in [5, 5.41) is 2.74. The molecule has 0 spiro atoms. The van der Waals surface area contributed by atoms with Crippen LogP contribution in [0.5, 0.6) is 0 Å². The zero-order chi connectivity index (χ0) is 27.0. The summed E-state index contributed by atoms with van der Waals surface area (Å²) in [6.45, 7) is 1.23. The van der Waals surface area contributed by atoms with E-state index in [4.69, 9.17) is 0 Å². The van der Waals surface area contributed by atoms with Gasteiger partial charge < -0.3 is 10.2 Å². The van der Waals surface area contributed by atoms with Crippen LogP contribution >= 0.6 is 0 Å². The Morgan fingerprint density at radius 3 is 2.11 bits per heavy atom. The third-order valence-corrected chi connectivity index (χ3v) is 6.82. The standard InChI is InChI=1S/C27H29F2N3O4S/c1-3-30-27(34)25(17-20-9-5-4-6-10-20)31(18-21-13-15-22(28)16-14-21)26(33)19-32(37(2,35)36)24-12-8-7-11-23(24)29/h4-16,25H,3,17-19H2,1-2H3,(H,30,34)/t25-/m0/s1. The molecule has 3 aromatic carbocycles. The number of para-hydroxylation sites is 1. The molecule has 0 radical (unpaired) electrons. The number of rotatable bonds is 11. The lowest BCUT2D eigenvalue weighted by atomic mass is 10.0. The van der Waals surface area contributed by atoms with Crippen LogP contribution in [-0.4, -0.2) is 50.5 Å². The summed E-state index contributed by atoms with van der Waals surface area (Å²) in [5.41, 5.74) is 1.04. The lowest BCUT2D eigenvalue weighted by Gasteiger charge is -2.33. The minimum atomic E-state index is -4.07. The number of halogens is 2. The fraction of sp³-hybridized carbons (Fsp3) is 0.259. The Balaban J connectivity index is 2.04. The highest BCUT2D eigenvalue weighted by molar-refractivity contribution is 7.92. The number of carbonyl (C=O) groups is 2. The number of hydrogen-bond donors (Lipinski definition) is 1. The predicted molar refractivity (Wildman–Crippen MR) is 138 cm³/mol. The van der Waals surface area contributed by atoms with Crippen LogP contribution in [0.25, 0.3) is 0 Å². The average Bonchev–Trinajstić information content (AvgIpc) is 2.86. The molecule has 2 amide bonds. The molecule has 10 heteroatoms. The van der Waals surface area contributed by atoms with Crippen molar-refractivity contribution in [2.24, 2.45) is 0 Å². The molecule has 0 aliphatic carbocycles. The summed E-state index contributed by atoms with van der Waals surface area (Å²) in [6.07, 6.45) is 1.03. The fourth-order valence-corrected chi connectivity index (χ4v) is 4.73. The van der Waals surface area contributed by atoms with Crippen LogP contribution in [0.15, 0.2) is 78.9 Å². The molecule has 37 heavy (non-hydrogen) atoms. The number of likely N-dealkylation sites (N-methyl/N-ethyl adjacent to an activating group) is 1. The summed E-state index contributed by atoms with van der Waals surface area (Å²) < 4.78 is 54.0. The Bertz CT molecular complexity index is 1320. The van der Waals surface area contributed by atoms with Gasteiger partial charge in [0, 0.05) is 19.5 Å². The highest BCUT2D eigenvalue weighted by Crippen LogP contribution is 2.23. The second-order valence-corrected chi connectivity index (χ2v) is 10.4. The zero-order valence-corrected chi connectivity index (χ0v) is 21.4. The van der Waals surface area contributed by atoms with E-state index in [9.17, 15) is 26.8 Å². The second-order valence-electron chi connectivity index (χ2n) is 8.47. The first-order valence-electron chi connectivity index (χ1n) is 11.7. The topological polar surface area (TPSA) is 86.8 Å².